The van der Waals surface area contributed by atoms with Crippen molar-refractivity contribution in [2.75, 3.05) is 13.2 Å². The Morgan fingerprint density at radius 3 is 2.78 bits per heavy atom. The third kappa shape index (κ3) is 1.82. The van der Waals surface area contributed by atoms with Crippen molar-refractivity contribution in [2.45, 2.75) is 31.3 Å². The van der Waals surface area contributed by atoms with Crippen LogP contribution in [0.2, 0.25) is 0 Å². The van der Waals surface area contributed by atoms with Crippen LogP contribution >= 0.6 is 0 Å². The molecule has 2 fully saturated rings. The molecule has 0 bridgehead atoms. The Balaban J connectivity index is 1.87. The van der Waals surface area contributed by atoms with E-state index in [2.05, 4.69) is 17.1 Å². The van der Waals surface area contributed by atoms with Crippen molar-refractivity contribution in [3.05, 3.63) is 35.9 Å². The Hall–Kier alpha value is -1.39. The molecule has 0 unspecified atom stereocenters. The molecule has 4 heteroatoms. The van der Waals surface area contributed by atoms with E-state index in [4.69, 9.17) is 5.11 Å². The summed E-state index contributed by atoms with van der Waals surface area (Å²) in [5, 5.41) is 13.2. The second kappa shape index (κ2) is 4.71. The summed E-state index contributed by atoms with van der Waals surface area (Å²) in [6, 6.07) is 10.8. The number of carbonyl (C=O) groups is 1. The minimum absolute atomic E-state index is 0.143. The standard InChI is InChI=1S/C14H18N2O2/c17-9-7-12-10-13(11-4-2-1-3-5-11)15-8-6-14(18)16(12)15/h1-5,12-13,17H,6-10H2/t12-,13+/m0/s1. The van der Waals surface area contributed by atoms with E-state index in [1.54, 1.807) is 0 Å². The van der Waals surface area contributed by atoms with Gasteiger partial charge in [-0.25, -0.2) is 5.01 Å². The van der Waals surface area contributed by atoms with Crippen LogP contribution in [0.4, 0.5) is 0 Å². The number of hydrogen-bond donors (Lipinski definition) is 1. The summed E-state index contributed by atoms with van der Waals surface area (Å²) in [6.07, 6.45) is 2.20. The Morgan fingerprint density at radius 2 is 2.06 bits per heavy atom. The topological polar surface area (TPSA) is 43.8 Å². The second-order valence-corrected chi connectivity index (χ2v) is 4.98. The highest BCUT2D eigenvalue weighted by atomic mass is 16.3. The molecule has 1 aromatic rings. The number of amides is 1. The number of nitrogens with zero attached hydrogens (tertiary/aromatic N) is 2. The molecule has 0 aliphatic carbocycles. The molecule has 1 N–H and O–H groups in total. The molecule has 2 heterocycles. The monoisotopic (exact) mass is 246 g/mol. The van der Waals surface area contributed by atoms with Crippen molar-refractivity contribution in [1.29, 1.82) is 0 Å². The van der Waals surface area contributed by atoms with E-state index in [1.165, 1.54) is 5.56 Å². The van der Waals surface area contributed by atoms with Crippen LogP contribution in [0, 0.1) is 0 Å². The molecule has 0 saturated carbocycles. The molecule has 96 valence electrons. The lowest BCUT2D eigenvalue weighted by atomic mass is 9.99. The zero-order valence-electron chi connectivity index (χ0n) is 10.3. The maximum atomic E-state index is 11.9. The van der Waals surface area contributed by atoms with Gasteiger partial charge in [-0.2, -0.15) is 0 Å². The minimum atomic E-state index is 0.143. The number of hydrazine groups is 1. The predicted octanol–water partition coefficient (Wildman–Crippen LogP) is 1.33. The zero-order valence-corrected chi connectivity index (χ0v) is 10.3. The first-order valence-corrected chi connectivity index (χ1v) is 6.55. The van der Waals surface area contributed by atoms with Crippen LogP contribution in [0.15, 0.2) is 30.3 Å². The first-order valence-electron chi connectivity index (χ1n) is 6.55. The van der Waals surface area contributed by atoms with E-state index in [1.807, 2.05) is 23.2 Å². The van der Waals surface area contributed by atoms with Crippen LogP contribution in [0.5, 0.6) is 0 Å². The Morgan fingerprint density at radius 1 is 1.28 bits per heavy atom. The lowest BCUT2D eigenvalue weighted by molar-refractivity contribution is -0.138. The quantitative estimate of drug-likeness (QED) is 0.875. The first kappa shape index (κ1) is 11.7. The largest absolute Gasteiger partial charge is 0.396 e. The number of hydrogen-bond acceptors (Lipinski definition) is 3. The first-order chi connectivity index (χ1) is 8.81. The van der Waals surface area contributed by atoms with Gasteiger partial charge in [-0.3, -0.25) is 9.80 Å². The van der Waals surface area contributed by atoms with E-state index >= 15 is 0 Å². The highest BCUT2D eigenvalue weighted by Gasteiger charge is 2.45. The maximum absolute atomic E-state index is 11.9. The number of aliphatic hydroxyl groups excluding tert-OH is 1. The van der Waals surface area contributed by atoms with Gasteiger partial charge in [0.2, 0.25) is 5.91 Å². The number of benzene rings is 1. The average Bonchev–Trinajstić information content (AvgIpc) is 2.94. The predicted molar refractivity (Wildman–Crippen MR) is 67.5 cm³/mol. The fraction of sp³-hybridized carbons (Fsp3) is 0.500. The van der Waals surface area contributed by atoms with Gasteiger partial charge in [0.1, 0.15) is 0 Å². The van der Waals surface area contributed by atoms with Gasteiger partial charge in [-0.05, 0) is 18.4 Å². The van der Waals surface area contributed by atoms with Gasteiger partial charge in [0.05, 0.1) is 12.1 Å². The Bertz CT molecular complexity index is 435. The van der Waals surface area contributed by atoms with E-state index in [0.29, 0.717) is 12.8 Å². The maximum Gasteiger partial charge on any atom is 0.238 e. The second-order valence-electron chi connectivity index (χ2n) is 4.98. The summed E-state index contributed by atoms with van der Waals surface area (Å²) in [6.45, 7) is 0.949. The van der Waals surface area contributed by atoms with E-state index < -0.39 is 0 Å². The summed E-state index contributed by atoms with van der Waals surface area (Å²) >= 11 is 0. The molecule has 2 aliphatic rings. The number of rotatable bonds is 3. The van der Waals surface area contributed by atoms with Crippen LogP contribution in [0.1, 0.15) is 30.9 Å². The fourth-order valence-electron chi connectivity index (χ4n) is 3.15. The molecule has 2 saturated heterocycles. The summed E-state index contributed by atoms with van der Waals surface area (Å²) in [4.78, 5) is 11.9. The molecular weight excluding hydrogens is 228 g/mol. The summed E-state index contributed by atoms with van der Waals surface area (Å²) in [5.74, 6) is 0.201. The number of carbonyl (C=O) groups excluding carboxylic acids is 1. The van der Waals surface area contributed by atoms with Gasteiger partial charge in [0.25, 0.3) is 0 Å². The van der Waals surface area contributed by atoms with Crippen LogP contribution in [0.3, 0.4) is 0 Å². The molecule has 1 amide bonds. The van der Waals surface area contributed by atoms with E-state index in [0.717, 1.165) is 13.0 Å². The van der Waals surface area contributed by atoms with Crippen molar-refractivity contribution < 1.29 is 9.90 Å². The van der Waals surface area contributed by atoms with Crippen LogP contribution < -0.4 is 0 Å². The van der Waals surface area contributed by atoms with Crippen molar-refractivity contribution in [1.82, 2.24) is 10.0 Å². The smallest absolute Gasteiger partial charge is 0.238 e. The number of aliphatic hydroxyl groups is 1. The SMILES string of the molecule is O=C1CCN2[C@@H](c3ccccc3)C[C@H](CCO)N12. The van der Waals surface area contributed by atoms with Gasteiger partial charge in [0.15, 0.2) is 0 Å². The molecule has 2 aliphatic heterocycles. The molecule has 2 atom stereocenters. The normalized spacial score (nSPS) is 27.8. The van der Waals surface area contributed by atoms with Gasteiger partial charge < -0.3 is 5.11 Å². The molecule has 0 aromatic heterocycles. The summed E-state index contributed by atoms with van der Waals surface area (Å²) in [5.41, 5.74) is 1.26. The van der Waals surface area contributed by atoms with Gasteiger partial charge >= 0.3 is 0 Å². The van der Waals surface area contributed by atoms with Crippen molar-refractivity contribution in [3.8, 4) is 0 Å². The van der Waals surface area contributed by atoms with Crippen LogP contribution in [-0.2, 0) is 4.79 Å². The summed E-state index contributed by atoms with van der Waals surface area (Å²) in [7, 11) is 0. The molecule has 0 spiro atoms. The average molecular weight is 246 g/mol. The highest BCUT2D eigenvalue weighted by molar-refractivity contribution is 5.78. The number of fused-ring (bicyclic) bond motifs is 1. The molecule has 3 rings (SSSR count). The fourth-order valence-corrected chi connectivity index (χ4v) is 3.15. The van der Waals surface area contributed by atoms with E-state index in [9.17, 15) is 4.79 Å². The van der Waals surface area contributed by atoms with Crippen molar-refractivity contribution in [2.24, 2.45) is 0 Å². The third-order valence-corrected chi connectivity index (χ3v) is 3.93. The highest BCUT2D eigenvalue weighted by Crippen LogP contribution is 2.40. The lowest BCUT2D eigenvalue weighted by Gasteiger charge is -2.27. The molecule has 0 radical (unpaired) electrons. The summed E-state index contributed by atoms with van der Waals surface area (Å²) < 4.78 is 0. The van der Waals surface area contributed by atoms with E-state index in [-0.39, 0.29) is 24.6 Å². The Kier molecular flexibility index (Phi) is 3.06. The molecular formula is C14H18N2O2. The third-order valence-electron chi connectivity index (χ3n) is 3.93. The van der Waals surface area contributed by atoms with Crippen LogP contribution in [0.25, 0.3) is 0 Å². The van der Waals surface area contributed by atoms with Gasteiger partial charge in [-0.1, -0.05) is 30.3 Å². The van der Waals surface area contributed by atoms with Gasteiger partial charge in [-0.15, -0.1) is 0 Å². The molecule has 18 heavy (non-hydrogen) atoms. The zero-order chi connectivity index (χ0) is 12.5. The van der Waals surface area contributed by atoms with Crippen molar-refractivity contribution in [3.63, 3.8) is 0 Å². The van der Waals surface area contributed by atoms with Crippen LogP contribution in [-0.4, -0.2) is 40.2 Å². The molecule has 4 nitrogen and oxygen atoms in total. The van der Waals surface area contributed by atoms with Gasteiger partial charge in [0, 0.05) is 19.6 Å². The lowest BCUT2D eigenvalue weighted by Crippen LogP contribution is -2.39. The van der Waals surface area contributed by atoms with Crippen molar-refractivity contribution >= 4 is 5.91 Å². The Labute approximate surface area is 107 Å². The minimum Gasteiger partial charge on any atom is -0.396 e. The molecule has 1 aromatic carbocycles.